The van der Waals surface area contributed by atoms with E-state index in [0.29, 0.717) is 33.1 Å². The second-order valence-corrected chi connectivity index (χ2v) is 13.3. The van der Waals surface area contributed by atoms with Crippen molar-refractivity contribution in [1.29, 1.82) is 0 Å². The molecule has 1 unspecified atom stereocenters. The molecule has 0 aliphatic rings. The molecule has 0 bridgehead atoms. The van der Waals surface area contributed by atoms with Gasteiger partial charge >= 0.3 is 0 Å². The normalized spacial score (nSPS) is 12.0. The van der Waals surface area contributed by atoms with Crippen LogP contribution in [0.25, 0.3) is 6.08 Å². The Labute approximate surface area is 288 Å². The molecule has 49 heavy (non-hydrogen) atoms. The van der Waals surface area contributed by atoms with Crippen molar-refractivity contribution in [2.24, 2.45) is 5.14 Å². The zero-order valence-corrected chi connectivity index (χ0v) is 27.8. The standard InChI is InChI=1S/C37H32N4O6S2/c1-47-30-19-15-25(16-20-30)23-33(41-35(42)27-11-6-3-7-12-27)36(43)40-29-13-8-14-31(24-29)48-34(26-9-4-2-5-10-26)37(44)39-28-17-21-32(22-18-28)49(38,45)46/h2-24,34H,1H3,(H,39,44)(H,40,43)(H,41,42)(H2,38,45,46)/b33-23+. The topological polar surface area (TPSA) is 157 Å². The summed E-state index contributed by atoms with van der Waals surface area (Å²) in [5.74, 6) is -0.700. The number of sulfonamides is 1. The van der Waals surface area contributed by atoms with Crippen molar-refractivity contribution in [2.45, 2.75) is 15.0 Å². The fourth-order valence-corrected chi connectivity index (χ4v) is 6.23. The van der Waals surface area contributed by atoms with Crippen LogP contribution in [0.1, 0.15) is 26.7 Å². The summed E-state index contributed by atoms with van der Waals surface area (Å²) in [5, 5.41) is 12.9. The summed E-state index contributed by atoms with van der Waals surface area (Å²) >= 11 is 1.26. The Balaban J connectivity index is 1.37. The van der Waals surface area contributed by atoms with Crippen molar-refractivity contribution in [3.63, 3.8) is 0 Å². The average molecular weight is 693 g/mol. The first-order chi connectivity index (χ1) is 23.6. The first kappa shape index (κ1) is 34.6. The molecule has 0 aliphatic carbocycles. The van der Waals surface area contributed by atoms with Crippen LogP contribution in [0.15, 0.2) is 149 Å². The second-order valence-electron chi connectivity index (χ2n) is 10.6. The van der Waals surface area contributed by atoms with Gasteiger partial charge in [-0.15, -0.1) is 11.8 Å². The van der Waals surface area contributed by atoms with Gasteiger partial charge in [0.15, 0.2) is 0 Å². The molecule has 5 rings (SSSR count). The monoisotopic (exact) mass is 692 g/mol. The van der Waals surface area contributed by atoms with Gasteiger partial charge in [-0.25, -0.2) is 13.6 Å². The average Bonchev–Trinajstić information content (AvgIpc) is 3.11. The molecule has 1 atom stereocenters. The molecule has 0 spiro atoms. The number of amides is 3. The number of benzene rings is 5. The Morgan fingerprint density at radius 1 is 0.755 bits per heavy atom. The Bertz CT molecular complexity index is 2070. The number of nitrogens with one attached hydrogen (secondary N) is 3. The van der Waals surface area contributed by atoms with Crippen molar-refractivity contribution < 1.29 is 27.5 Å². The fraction of sp³-hybridized carbons (Fsp3) is 0.0541. The number of hydrogen-bond acceptors (Lipinski definition) is 7. The highest BCUT2D eigenvalue weighted by molar-refractivity contribution is 8.00. The lowest BCUT2D eigenvalue weighted by molar-refractivity contribution is -0.116. The van der Waals surface area contributed by atoms with E-state index in [4.69, 9.17) is 9.88 Å². The summed E-state index contributed by atoms with van der Waals surface area (Å²) < 4.78 is 28.5. The molecule has 0 aliphatic heterocycles. The highest BCUT2D eigenvalue weighted by Crippen LogP contribution is 2.37. The summed E-state index contributed by atoms with van der Waals surface area (Å²) in [6, 6.07) is 37.3. The molecular formula is C37H32N4O6S2. The van der Waals surface area contributed by atoms with Crippen molar-refractivity contribution in [3.05, 3.63) is 156 Å². The molecule has 0 radical (unpaired) electrons. The third-order valence-electron chi connectivity index (χ3n) is 7.09. The molecule has 5 N–H and O–H groups in total. The Morgan fingerprint density at radius 2 is 1.41 bits per heavy atom. The molecule has 248 valence electrons. The maximum absolute atomic E-state index is 13.6. The van der Waals surface area contributed by atoms with E-state index in [0.717, 1.165) is 5.56 Å². The zero-order valence-electron chi connectivity index (χ0n) is 26.2. The first-order valence-electron chi connectivity index (χ1n) is 14.9. The number of rotatable bonds is 12. The van der Waals surface area contributed by atoms with Crippen LogP contribution in [0.3, 0.4) is 0 Å². The largest absolute Gasteiger partial charge is 0.497 e. The lowest BCUT2D eigenvalue weighted by Gasteiger charge is -2.18. The van der Waals surface area contributed by atoms with Crippen LogP contribution < -0.4 is 25.8 Å². The number of methoxy groups -OCH3 is 1. The minimum atomic E-state index is -3.88. The molecule has 10 nitrogen and oxygen atoms in total. The molecule has 3 amide bonds. The van der Waals surface area contributed by atoms with Crippen molar-refractivity contribution in [3.8, 4) is 5.75 Å². The van der Waals surface area contributed by atoms with Crippen LogP contribution in [0.5, 0.6) is 5.75 Å². The number of anilines is 2. The molecule has 0 heterocycles. The van der Waals surface area contributed by atoms with Crippen LogP contribution >= 0.6 is 11.8 Å². The first-order valence-corrected chi connectivity index (χ1v) is 17.3. The highest BCUT2D eigenvalue weighted by Gasteiger charge is 2.23. The quantitative estimate of drug-likeness (QED) is 0.0893. The van der Waals surface area contributed by atoms with Crippen LogP contribution in [-0.2, 0) is 19.6 Å². The van der Waals surface area contributed by atoms with Crippen LogP contribution in [0.4, 0.5) is 11.4 Å². The number of thioether (sulfide) groups is 1. The van der Waals surface area contributed by atoms with Crippen LogP contribution in [0.2, 0.25) is 0 Å². The minimum absolute atomic E-state index is 0.0204. The minimum Gasteiger partial charge on any atom is -0.497 e. The van der Waals surface area contributed by atoms with Gasteiger partial charge in [-0.3, -0.25) is 14.4 Å². The number of primary sulfonamides is 1. The van der Waals surface area contributed by atoms with Gasteiger partial charge in [0.2, 0.25) is 15.9 Å². The van der Waals surface area contributed by atoms with E-state index in [1.165, 1.54) is 36.0 Å². The van der Waals surface area contributed by atoms with Gasteiger partial charge in [-0.1, -0.05) is 66.7 Å². The Hall–Kier alpha value is -5.69. The number of carbonyl (C=O) groups excluding carboxylic acids is 3. The van der Waals surface area contributed by atoms with E-state index in [1.54, 1.807) is 86.0 Å². The van der Waals surface area contributed by atoms with Gasteiger partial charge in [0.05, 0.1) is 12.0 Å². The number of hydrogen-bond donors (Lipinski definition) is 4. The third-order valence-corrected chi connectivity index (χ3v) is 9.27. The molecule has 0 fully saturated rings. The van der Waals surface area contributed by atoms with Gasteiger partial charge in [0, 0.05) is 21.8 Å². The molecule has 0 aromatic heterocycles. The van der Waals surface area contributed by atoms with E-state index in [-0.39, 0.29) is 16.5 Å². The molecule has 5 aromatic rings. The van der Waals surface area contributed by atoms with Crippen LogP contribution in [0, 0.1) is 0 Å². The predicted octanol–water partition coefficient (Wildman–Crippen LogP) is 6.22. The smallest absolute Gasteiger partial charge is 0.272 e. The fourth-order valence-electron chi connectivity index (χ4n) is 4.63. The number of nitrogens with two attached hydrogens (primary N) is 1. The molecule has 12 heteroatoms. The maximum Gasteiger partial charge on any atom is 0.272 e. The maximum atomic E-state index is 13.6. The number of ether oxygens (including phenoxy) is 1. The molecular weight excluding hydrogens is 661 g/mol. The van der Waals surface area contributed by atoms with Gasteiger partial charge in [0.25, 0.3) is 11.8 Å². The predicted molar refractivity (Wildman–Crippen MR) is 191 cm³/mol. The van der Waals surface area contributed by atoms with Gasteiger partial charge in [-0.2, -0.15) is 0 Å². The summed E-state index contributed by atoms with van der Waals surface area (Å²) in [6.07, 6.45) is 1.57. The summed E-state index contributed by atoms with van der Waals surface area (Å²) in [7, 11) is -2.32. The lowest BCUT2D eigenvalue weighted by Crippen LogP contribution is -2.30. The van der Waals surface area contributed by atoms with E-state index >= 15 is 0 Å². The van der Waals surface area contributed by atoms with Crippen molar-refractivity contribution in [2.75, 3.05) is 17.7 Å². The van der Waals surface area contributed by atoms with E-state index in [9.17, 15) is 22.8 Å². The van der Waals surface area contributed by atoms with Crippen LogP contribution in [-0.4, -0.2) is 33.2 Å². The Morgan fingerprint density at radius 3 is 2.04 bits per heavy atom. The summed E-state index contributed by atoms with van der Waals surface area (Å²) in [4.78, 5) is 40.9. The van der Waals surface area contributed by atoms with E-state index in [1.807, 2.05) is 36.4 Å². The van der Waals surface area contributed by atoms with Gasteiger partial charge in [-0.05, 0) is 83.9 Å². The highest BCUT2D eigenvalue weighted by atomic mass is 32.2. The molecule has 0 saturated heterocycles. The summed E-state index contributed by atoms with van der Waals surface area (Å²) in [6.45, 7) is 0. The van der Waals surface area contributed by atoms with E-state index in [2.05, 4.69) is 16.0 Å². The zero-order chi connectivity index (χ0) is 34.8. The third kappa shape index (κ3) is 9.67. The Kier molecular flexibility index (Phi) is 11.3. The van der Waals surface area contributed by atoms with Gasteiger partial charge < -0.3 is 20.7 Å². The van der Waals surface area contributed by atoms with Gasteiger partial charge in [0.1, 0.15) is 16.7 Å². The lowest BCUT2D eigenvalue weighted by atomic mass is 10.1. The van der Waals surface area contributed by atoms with Crippen molar-refractivity contribution >= 4 is 57.0 Å². The summed E-state index contributed by atoms with van der Waals surface area (Å²) in [5.41, 5.74) is 2.64. The van der Waals surface area contributed by atoms with Crippen molar-refractivity contribution in [1.82, 2.24) is 5.32 Å². The number of carbonyl (C=O) groups is 3. The second kappa shape index (κ2) is 15.9. The SMILES string of the molecule is COc1ccc(/C=C(/NC(=O)c2ccccc2)C(=O)Nc2cccc(SC(C(=O)Nc3ccc(S(N)(=O)=O)cc3)c3ccccc3)c2)cc1. The van der Waals surface area contributed by atoms with E-state index < -0.39 is 27.1 Å². The molecule has 5 aromatic carbocycles. The molecule has 0 saturated carbocycles.